The molecule has 37 heavy (non-hydrogen) atoms. The predicted molar refractivity (Wildman–Crippen MR) is 138 cm³/mol. The summed E-state index contributed by atoms with van der Waals surface area (Å²) in [4.78, 5) is 16.8. The van der Waals surface area contributed by atoms with Crippen LogP contribution < -0.4 is 5.32 Å². The Labute approximate surface area is 214 Å². The number of anilines is 1. The second kappa shape index (κ2) is 11.0. The minimum Gasteiger partial charge on any atom is -0.326 e. The highest BCUT2D eigenvalue weighted by Gasteiger charge is 2.16. The van der Waals surface area contributed by atoms with Gasteiger partial charge < -0.3 is 9.88 Å². The topological polar surface area (TPSA) is 72.7 Å². The number of amides is 1. The summed E-state index contributed by atoms with van der Waals surface area (Å²) < 4.78 is 42.3. The molecule has 0 radical (unpaired) electrons. The molecule has 0 unspecified atom stereocenters. The number of hydrogen-bond acceptors (Lipinski definition) is 5. The summed E-state index contributed by atoms with van der Waals surface area (Å²) in [5, 5.41) is 12.4. The van der Waals surface area contributed by atoms with Gasteiger partial charge in [0.15, 0.2) is 5.65 Å². The number of carbonyl (C=O) groups excluding carboxylic acids is 1. The molecule has 0 fully saturated rings. The quantitative estimate of drug-likeness (QED) is 0.181. The van der Waals surface area contributed by atoms with Crippen LogP contribution in [0.25, 0.3) is 22.1 Å². The second-order valence-corrected chi connectivity index (χ2v) is 9.56. The van der Waals surface area contributed by atoms with Crippen molar-refractivity contribution in [2.75, 3.05) is 11.1 Å². The highest BCUT2D eigenvalue weighted by atomic mass is 32.2. The summed E-state index contributed by atoms with van der Waals surface area (Å²) in [5.74, 6) is -0.494. The first kappa shape index (κ1) is 24.8. The summed E-state index contributed by atoms with van der Waals surface area (Å²) >= 11 is 1.43. The van der Waals surface area contributed by atoms with E-state index in [1.54, 1.807) is 18.2 Å². The molecule has 1 amide bonds. The van der Waals surface area contributed by atoms with Gasteiger partial charge in [0.25, 0.3) is 0 Å². The smallest absolute Gasteiger partial charge is 0.224 e. The molecule has 0 saturated heterocycles. The third-order valence-corrected chi connectivity index (χ3v) is 6.74. The Morgan fingerprint density at radius 2 is 1.57 bits per heavy atom. The van der Waals surface area contributed by atoms with Gasteiger partial charge in [-0.15, -0.1) is 10.2 Å². The van der Waals surface area contributed by atoms with E-state index < -0.39 is 0 Å². The normalized spacial score (nSPS) is 11.3. The Kier molecular flexibility index (Phi) is 7.36. The fourth-order valence-electron chi connectivity index (χ4n) is 4.01. The van der Waals surface area contributed by atoms with Crippen molar-refractivity contribution in [2.45, 2.75) is 31.0 Å². The lowest BCUT2D eigenvalue weighted by atomic mass is 10.2. The van der Waals surface area contributed by atoms with Crippen molar-refractivity contribution in [1.82, 2.24) is 19.7 Å². The van der Waals surface area contributed by atoms with Crippen LogP contribution in [-0.4, -0.2) is 31.4 Å². The summed E-state index contributed by atoms with van der Waals surface area (Å²) in [6.07, 6.45) is 1.76. The van der Waals surface area contributed by atoms with Crippen LogP contribution in [0.15, 0.2) is 71.9 Å². The molecule has 2 aromatic heterocycles. The number of thioether (sulfide) groups is 1. The van der Waals surface area contributed by atoms with Gasteiger partial charge >= 0.3 is 0 Å². The highest BCUT2D eigenvalue weighted by Crippen LogP contribution is 2.29. The number of aromatic nitrogens is 4. The van der Waals surface area contributed by atoms with E-state index in [2.05, 4.69) is 15.5 Å². The Morgan fingerprint density at radius 1 is 0.865 bits per heavy atom. The van der Waals surface area contributed by atoms with E-state index >= 15 is 0 Å². The Morgan fingerprint density at radius 3 is 2.32 bits per heavy atom. The monoisotopic (exact) mass is 521 g/mol. The third kappa shape index (κ3) is 5.91. The van der Waals surface area contributed by atoms with Crippen molar-refractivity contribution in [1.29, 1.82) is 0 Å². The molecule has 0 aliphatic carbocycles. The first-order valence-electron chi connectivity index (χ1n) is 11.7. The van der Waals surface area contributed by atoms with Gasteiger partial charge in [-0.1, -0.05) is 23.9 Å². The number of benzene rings is 3. The van der Waals surface area contributed by atoms with Crippen molar-refractivity contribution in [2.24, 2.45) is 0 Å². The molecule has 0 saturated carbocycles. The number of nitrogens with zero attached hydrogens (tertiary/aromatic N) is 4. The van der Waals surface area contributed by atoms with Gasteiger partial charge in [-0.2, -0.15) is 0 Å². The minimum atomic E-state index is -0.378. The van der Waals surface area contributed by atoms with Gasteiger partial charge in [-0.3, -0.25) is 4.79 Å². The lowest BCUT2D eigenvalue weighted by molar-refractivity contribution is -0.116. The molecular formula is C27H22F3N5OS. The number of hydrogen-bond donors (Lipinski definition) is 1. The number of carbonyl (C=O) groups is 1. The van der Waals surface area contributed by atoms with Crippen molar-refractivity contribution in [3.63, 3.8) is 0 Å². The number of unbranched alkanes of at least 4 members (excludes halogenated alkanes) is 1. The number of halogens is 3. The van der Waals surface area contributed by atoms with Crippen molar-refractivity contribution in [3.05, 3.63) is 89.7 Å². The van der Waals surface area contributed by atoms with Gasteiger partial charge in [0.05, 0.1) is 5.52 Å². The van der Waals surface area contributed by atoms with Gasteiger partial charge in [0.1, 0.15) is 23.0 Å². The van der Waals surface area contributed by atoms with Crippen LogP contribution in [-0.2, 0) is 11.3 Å². The zero-order chi connectivity index (χ0) is 25.8. The maximum absolute atomic E-state index is 14.0. The molecule has 0 spiro atoms. The third-order valence-electron chi connectivity index (χ3n) is 5.82. The molecule has 2 heterocycles. The SMILES string of the molecule is O=C(CCCCSc1nnc2c3cc(F)ccc3n(Cc3ccc(F)cc3)c2n1)Nc1ccc(F)cc1. The van der Waals surface area contributed by atoms with Crippen LogP contribution in [0.5, 0.6) is 0 Å². The lowest BCUT2D eigenvalue weighted by Crippen LogP contribution is -2.11. The standard InChI is InChI=1S/C27H22F3N5OS/c28-18-6-4-17(5-7-18)16-35-23-13-10-20(30)15-22(23)25-26(35)32-27(34-33-25)37-14-2-1-3-24(36)31-21-11-8-19(29)9-12-21/h4-13,15H,1-3,14,16H2,(H,31,36). The first-order chi connectivity index (χ1) is 18.0. The van der Waals surface area contributed by atoms with Gasteiger partial charge in [-0.05, 0) is 73.0 Å². The number of rotatable bonds is 9. The van der Waals surface area contributed by atoms with Crippen molar-refractivity contribution < 1.29 is 18.0 Å². The van der Waals surface area contributed by atoms with E-state index in [1.807, 2.05) is 4.57 Å². The molecule has 188 valence electrons. The van der Waals surface area contributed by atoms with E-state index in [0.717, 1.165) is 17.5 Å². The molecule has 5 aromatic rings. The Balaban J connectivity index is 1.25. The van der Waals surface area contributed by atoms with Crippen LogP contribution in [0, 0.1) is 17.5 Å². The molecule has 1 N–H and O–H groups in total. The van der Waals surface area contributed by atoms with Gasteiger partial charge in [-0.25, -0.2) is 18.2 Å². The molecule has 5 rings (SSSR count). The molecule has 10 heteroatoms. The maximum Gasteiger partial charge on any atom is 0.224 e. The van der Waals surface area contributed by atoms with E-state index in [0.29, 0.717) is 52.5 Å². The Hall–Kier alpha value is -3.92. The van der Waals surface area contributed by atoms with Crippen LogP contribution in [0.3, 0.4) is 0 Å². The van der Waals surface area contributed by atoms with Crippen molar-refractivity contribution >= 4 is 45.4 Å². The highest BCUT2D eigenvalue weighted by molar-refractivity contribution is 7.99. The average Bonchev–Trinajstić information content (AvgIpc) is 3.18. The average molecular weight is 522 g/mol. The van der Waals surface area contributed by atoms with Crippen molar-refractivity contribution in [3.8, 4) is 0 Å². The molecule has 0 atom stereocenters. The first-order valence-corrected chi connectivity index (χ1v) is 12.7. The maximum atomic E-state index is 14.0. The summed E-state index contributed by atoms with van der Waals surface area (Å²) in [7, 11) is 0. The predicted octanol–water partition coefficient (Wildman–Crippen LogP) is 6.35. The van der Waals surface area contributed by atoms with E-state index in [4.69, 9.17) is 4.98 Å². The molecule has 0 aliphatic rings. The zero-order valence-electron chi connectivity index (χ0n) is 19.6. The van der Waals surface area contributed by atoms with E-state index in [1.165, 1.54) is 60.3 Å². The molecular weight excluding hydrogens is 499 g/mol. The van der Waals surface area contributed by atoms with Gasteiger partial charge in [0, 0.05) is 29.8 Å². The summed E-state index contributed by atoms with van der Waals surface area (Å²) in [6, 6.07) is 16.3. The minimum absolute atomic E-state index is 0.131. The molecule has 0 bridgehead atoms. The summed E-state index contributed by atoms with van der Waals surface area (Å²) in [5.41, 5.74) is 3.26. The van der Waals surface area contributed by atoms with Crippen LogP contribution in [0.4, 0.5) is 18.9 Å². The number of fused-ring (bicyclic) bond motifs is 3. The molecule has 0 aliphatic heterocycles. The van der Waals surface area contributed by atoms with E-state index in [-0.39, 0.29) is 23.4 Å². The van der Waals surface area contributed by atoms with Crippen LogP contribution >= 0.6 is 11.8 Å². The second-order valence-electron chi connectivity index (χ2n) is 8.50. The fourth-order valence-corrected chi connectivity index (χ4v) is 4.80. The van der Waals surface area contributed by atoms with Crippen LogP contribution in [0.1, 0.15) is 24.8 Å². The number of nitrogens with one attached hydrogen (secondary N) is 1. The molecule has 3 aromatic carbocycles. The molecule has 6 nitrogen and oxygen atoms in total. The largest absolute Gasteiger partial charge is 0.326 e. The zero-order valence-corrected chi connectivity index (χ0v) is 20.4. The Bertz CT molecular complexity index is 1560. The fraction of sp³-hybridized carbons (Fsp3) is 0.185. The summed E-state index contributed by atoms with van der Waals surface area (Å²) in [6.45, 7) is 0.415. The lowest BCUT2D eigenvalue weighted by Gasteiger charge is -2.07. The van der Waals surface area contributed by atoms with Gasteiger partial charge in [0.2, 0.25) is 11.1 Å². The van der Waals surface area contributed by atoms with Crippen LogP contribution in [0.2, 0.25) is 0 Å². The van der Waals surface area contributed by atoms with E-state index in [9.17, 15) is 18.0 Å².